The molecule has 0 atom stereocenters. The van der Waals surface area contributed by atoms with Gasteiger partial charge in [0.05, 0.1) is 0 Å². The smallest absolute Gasteiger partial charge is 0.127 e. The first-order chi connectivity index (χ1) is 8.29. The van der Waals surface area contributed by atoms with Crippen LogP contribution >= 0.6 is 0 Å². The number of halogens is 1. The molecule has 17 heavy (non-hydrogen) atoms. The molecule has 1 aliphatic rings. The van der Waals surface area contributed by atoms with Crippen LogP contribution in [0.5, 0.6) is 0 Å². The maximum absolute atomic E-state index is 13.3. The molecule has 0 amide bonds. The average molecular weight is 236 g/mol. The van der Waals surface area contributed by atoms with E-state index >= 15 is 0 Å². The van der Waals surface area contributed by atoms with Crippen LogP contribution in [0, 0.1) is 5.82 Å². The van der Waals surface area contributed by atoms with Gasteiger partial charge in [-0.15, -0.1) is 0 Å². The van der Waals surface area contributed by atoms with Gasteiger partial charge in [0.15, 0.2) is 0 Å². The first-order valence-corrected chi connectivity index (χ1v) is 6.49. The monoisotopic (exact) mass is 236 g/mol. The Labute approximate surface area is 103 Å². The molecule has 2 rings (SSSR count). The highest BCUT2D eigenvalue weighted by Gasteiger charge is 2.10. The summed E-state index contributed by atoms with van der Waals surface area (Å²) in [6.45, 7) is 3.79. The number of nitrogens with zero attached hydrogens (tertiary/aromatic N) is 1. The normalized spacial score (nSPS) is 17.3. The Morgan fingerprint density at radius 1 is 1.18 bits per heavy atom. The molecule has 0 spiro atoms. The fourth-order valence-corrected chi connectivity index (χ4v) is 2.41. The van der Waals surface area contributed by atoms with E-state index in [1.165, 1.54) is 44.0 Å². The predicted octanol–water partition coefficient (Wildman–Crippen LogP) is 2.31. The summed E-state index contributed by atoms with van der Waals surface area (Å²) in [6, 6.07) is 5.31. The molecule has 0 aromatic heterocycles. The average Bonchev–Trinajstić information content (AvgIpc) is 2.39. The van der Waals surface area contributed by atoms with Crippen LogP contribution in [0.2, 0.25) is 0 Å². The van der Waals surface area contributed by atoms with Crippen LogP contribution in [-0.2, 0) is 13.0 Å². The second-order valence-electron chi connectivity index (χ2n) is 4.78. The van der Waals surface area contributed by atoms with Gasteiger partial charge in [0.2, 0.25) is 0 Å². The number of piperidine rings is 1. The molecule has 1 aromatic carbocycles. The van der Waals surface area contributed by atoms with Crippen molar-refractivity contribution in [3.63, 3.8) is 0 Å². The Morgan fingerprint density at radius 3 is 2.65 bits per heavy atom. The zero-order valence-corrected chi connectivity index (χ0v) is 10.3. The minimum absolute atomic E-state index is 0.186. The lowest BCUT2D eigenvalue weighted by molar-refractivity contribution is 0.231. The van der Waals surface area contributed by atoms with Crippen molar-refractivity contribution in [1.82, 2.24) is 4.90 Å². The minimum Gasteiger partial charge on any atom is -0.326 e. The fraction of sp³-hybridized carbons (Fsp3) is 0.571. The van der Waals surface area contributed by atoms with Crippen LogP contribution in [0.25, 0.3) is 0 Å². The van der Waals surface area contributed by atoms with Crippen LogP contribution < -0.4 is 5.73 Å². The van der Waals surface area contributed by atoms with E-state index < -0.39 is 0 Å². The fourth-order valence-electron chi connectivity index (χ4n) is 2.41. The first kappa shape index (κ1) is 12.5. The van der Waals surface area contributed by atoms with Crippen molar-refractivity contribution in [3.05, 3.63) is 35.1 Å². The number of benzene rings is 1. The summed E-state index contributed by atoms with van der Waals surface area (Å²) in [5, 5.41) is 0. The van der Waals surface area contributed by atoms with Gasteiger partial charge in [0.1, 0.15) is 5.82 Å². The molecule has 3 heteroatoms. The van der Waals surface area contributed by atoms with Gasteiger partial charge >= 0.3 is 0 Å². The molecule has 1 fully saturated rings. The maximum Gasteiger partial charge on any atom is 0.127 e. The number of rotatable bonds is 4. The van der Waals surface area contributed by atoms with Gasteiger partial charge in [-0.2, -0.15) is 0 Å². The van der Waals surface area contributed by atoms with Crippen molar-refractivity contribution in [2.75, 3.05) is 19.6 Å². The van der Waals surface area contributed by atoms with Crippen molar-refractivity contribution in [2.24, 2.45) is 5.73 Å². The van der Waals surface area contributed by atoms with Gasteiger partial charge in [-0.05, 0) is 44.0 Å². The van der Waals surface area contributed by atoms with Crippen molar-refractivity contribution in [2.45, 2.75) is 32.2 Å². The second kappa shape index (κ2) is 6.12. The zero-order valence-electron chi connectivity index (χ0n) is 10.3. The summed E-state index contributed by atoms with van der Waals surface area (Å²) >= 11 is 0. The van der Waals surface area contributed by atoms with Crippen molar-refractivity contribution < 1.29 is 4.39 Å². The van der Waals surface area contributed by atoms with E-state index in [9.17, 15) is 4.39 Å². The van der Waals surface area contributed by atoms with Gasteiger partial charge in [-0.25, -0.2) is 4.39 Å². The third kappa shape index (κ3) is 3.51. The molecule has 0 unspecified atom stereocenters. The van der Waals surface area contributed by atoms with E-state index in [0.29, 0.717) is 5.56 Å². The Morgan fingerprint density at radius 2 is 1.94 bits per heavy atom. The lowest BCUT2D eigenvalue weighted by Crippen LogP contribution is -2.31. The molecule has 2 N–H and O–H groups in total. The standard InChI is InChI=1S/C14H21FN2/c15-14-5-4-12(10-13(14)11-16)6-9-17-7-2-1-3-8-17/h4-5,10H,1-3,6-9,11,16H2. The number of nitrogens with two attached hydrogens (primary N) is 1. The van der Waals surface area contributed by atoms with E-state index in [0.717, 1.165) is 13.0 Å². The Balaban J connectivity index is 1.89. The topological polar surface area (TPSA) is 29.3 Å². The number of hydrogen-bond acceptors (Lipinski definition) is 2. The van der Waals surface area contributed by atoms with E-state index in [2.05, 4.69) is 4.90 Å². The third-order valence-electron chi connectivity index (χ3n) is 3.50. The van der Waals surface area contributed by atoms with Crippen LogP contribution in [-0.4, -0.2) is 24.5 Å². The van der Waals surface area contributed by atoms with E-state index in [1.54, 1.807) is 0 Å². The third-order valence-corrected chi connectivity index (χ3v) is 3.50. The van der Waals surface area contributed by atoms with E-state index in [4.69, 9.17) is 5.73 Å². The molecule has 1 heterocycles. The van der Waals surface area contributed by atoms with Gasteiger partial charge in [0.25, 0.3) is 0 Å². The molecule has 0 saturated carbocycles. The molecular weight excluding hydrogens is 215 g/mol. The Bertz CT molecular complexity index is 359. The molecular formula is C14H21FN2. The van der Waals surface area contributed by atoms with Crippen molar-refractivity contribution in [1.29, 1.82) is 0 Å². The largest absolute Gasteiger partial charge is 0.326 e. The van der Waals surface area contributed by atoms with Crippen LogP contribution in [0.15, 0.2) is 18.2 Å². The molecule has 94 valence electrons. The minimum atomic E-state index is -0.186. The zero-order chi connectivity index (χ0) is 12.1. The Hall–Kier alpha value is -0.930. The highest BCUT2D eigenvalue weighted by Crippen LogP contribution is 2.13. The van der Waals surface area contributed by atoms with Gasteiger partial charge in [0, 0.05) is 18.7 Å². The summed E-state index contributed by atoms with van der Waals surface area (Å²) in [5.41, 5.74) is 7.33. The summed E-state index contributed by atoms with van der Waals surface area (Å²) in [4.78, 5) is 2.50. The van der Waals surface area contributed by atoms with Crippen LogP contribution in [0.3, 0.4) is 0 Å². The molecule has 0 radical (unpaired) electrons. The van der Waals surface area contributed by atoms with Crippen molar-refractivity contribution >= 4 is 0 Å². The molecule has 0 aliphatic carbocycles. The van der Waals surface area contributed by atoms with Gasteiger partial charge < -0.3 is 10.6 Å². The number of hydrogen-bond donors (Lipinski definition) is 1. The van der Waals surface area contributed by atoms with Gasteiger partial charge in [-0.3, -0.25) is 0 Å². The van der Waals surface area contributed by atoms with Gasteiger partial charge in [-0.1, -0.05) is 18.6 Å². The highest BCUT2D eigenvalue weighted by atomic mass is 19.1. The summed E-state index contributed by atoms with van der Waals surface area (Å²) in [6.07, 6.45) is 4.99. The molecule has 2 nitrogen and oxygen atoms in total. The molecule has 1 aromatic rings. The summed E-state index contributed by atoms with van der Waals surface area (Å²) in [7, 11) is 0. The second-order valence-corrected chi connectivity index (χ2v) is 4.78. The molecule has 1 saturated heterocycles. The first-order valence-electron chi connectivity index (χ1n) is 6.49. The lowest BCUT2D eigenvalue weighted by Gasteiger charge is -2.26. The molecule has 0 bridgehead atoms. The van der Waals surface area contributed by atoms with Crippen molar-refractivity contribution in [3.8, 4) is 0 Å². The van der Waals surface area contributed by atoms with E-state index in [-0.39, 0.29) is 12.4 Å². The predicted molar refractivity (Wildman–Crippen MR) is 68.3 cm³/mol. The Kier molecular flexibility index (Phi) is 4.51. The summed E-state index contributed by atoms with van der Waals surface area (Å²) < 4.78 is 13.3. The molecule has 1 aliphatic heterocycles. The van der Waals surface area contributed by atoms with E-state index in [1.807, 2.05) is 12.1 Å². The summed E-state index contributed by atoms with van der Waals surface area (Å²) in [5.74, 6) is -0.186. The number of likely N-dealkylation sites (tertiary alicyclic amines) is 1. The quantitative estimate of drug-likeness (QED) is 0.869. The maximum atomic E-state index is 13.3. The SMILES string of the molecule is NCc1cc(CCN2CCCCC2)ccc1F. The van der Waals surface area contributed by atoms with Crippen LogP contribution in [0.1, 0.15) is 30.4 Å². The highest BCUT2D eigenvalue weighted by molar-refractivity contribution is 5.25. The van der Waals surface area contributed by atoms with Crippen LogP contribution in [0.4, 0.5) is 4.39 Å². The lowest BCUT2D eigenvalue weighted by atomic mass is 10.1.